The number of nitrogens with two attached hydrogens (primary N) is 1. The Morgan fingerprint density at radius 3 is 1.95 bits per heavy atom. The number of anilines is 1. The summed E-state index contributed by atoms with van der Waals surface area (Å²) in [5, 5.41) is 1.53. The zero-order valence-corrected chi connectivity index (χ0v) is 11.9. The Bertz CT molecular complexity index is 598. The molecule has 0 aliphatic carbocycles. The summed E-state index contributed by atoms with van der Waals surface area (Å²) in [6, 6.07) is 11.0. The number of nitrogens with zero attached hydrogens (tertiary/aromatic N) is 1. The first-order chi connectivity index (χ1) is 9.75. The summed E-state index contributed by atoms with van der Waals surface area (Å²) in [5.41, 5.74) is 3.10. The number of hydrogen-bond acceptors (Lipinski definition) is 2. The molecule has 0 aliphatic rings. The summed E-state index contributed by atoms with van der Waals surface area (Å²) in [6.45, 7) is 4.30. The standard InChI is InChI=1S/C16H17F3N2/c1-11-7-12(2)9-15(8-11)21(20)10-13-3-5-14(6-4-13)16(17,18)19/h3-9H,10,20H2,1-2H3. The fraction of sp³-hybridized carbons (Fsp3) is 0.250. The van der Waals surface area contributed by atoms with E-state index >= 15 is 0 Å². The quantitative estimate of drug-likeness (QED) is 0.679. The molecule has 0 fully saturated rings. The number of rotatable bonds is 3. The van der Waals surface area contributed by atoms with Gasteiger partial charge in [-0.1, -0.05) is 18.2 Å². The number of halogens is 3. The van der Waals surface area contributed by atoms with Gasteiger partial charge in [0.25, 0.3) is 0 Å². The van der Waals surface area contributed by atoms with E-state index in [1.54, 1.807) is 0 Å². The molecule has 112 valence electrons. The highest BCUT2D eigenvalue weighted by Gasteiger charge is 2.29. The Balaban J connectivity index is 2.14. The number of alkyl halides is 3. The molecule has 2 aromatic carbocycles. The van der Waals surface area contributed by atoms with Crippen molar-refractivity contribution >= 4 is 5.69 Å². The summed E-state index contributed by atoms with van der Waals surface area (Å²) in [4.78, 5) is 0. The Labute approximate surface area is 122 Å². The van der Waals surface area contributed by atoms with Crippen molar-refractivity contribution in [3.05, 3.63) is 64.7 Å². The van der Waals surface area contributed by atoms with Crippen molar-refractivity contribution in [1.29, 1.82) is 0 Å². The minimum Gasteiger partial charge on any atom is -0.307 e. The minimum absolute atomic E-state index is 0.348. The van der Waals surface area contributed by atoms with Crippen molar-refractivity contribution in [3.63, 3.8) is 0 Å². The lowest BCUT2D eigenvalue weighted by atomic mass is 10.1. The Morgan fingerprint density at radius 1 is 0.952 bits per heavy atom. The van der Waals surface area contributed by atoms with Crippen molar-refractivity contribution < 1.29 is 13.2 Å². The fourth-order valence-electron chi connectivity index (χ4n) is 2.20. The van der Waals surface area contributed by atoms with Crippen LogP contribution in [0.4, 0.5) is 18.9 Å². The second kappa shape index (κ2) is 5.77. The SMILES string of the molecule is Cc1cc(C)cc(N(N)Cc2ccc(C(F)(F)F)cc2)c1. The van der Waals surface area contributed by atoms with E-state index in [9.17, 15) is 13.2 Å². The maximum Gasteiger partial charge on any atom is 0.416 e. The van der Waals surface area contributed by atoms with Crippen molar-refractivity contribution in [3.8, 4) is 0 Å². The maximum absolute atomic E-state index is 12.5. The zero-order chi connectivity index (χ0) is 15.6. The molecule has 0 amide bonds. The third kappa shape index (κ3) is 3.98. The molecular weight excluding hydrogens is 277 g/mol. The Kier molecular flexibility index (Phi) is 4.23. The number of benzene rings is 2. The van der Waals surface area contributed by atoms with E-state index in [1.807, 2.05) is 32.0 Å². The molecule has 0 radical (unpaired) electrons. The van der Waals surface area contributed by atoms with Gasteiger partial charge in [0.05, 0.1) is 17.8 Å². The average Bonchev–Trinajstić information content (AvgIpc) is 2.37. The molecule has 5 heteroatoms. The molecule has 2 nitrogen and oxygen atoms in total. The van der Waals surface area contributed by atoms with E-state index in [0.717, 1.165) is 34.5 Å². The van der Waals surface area contributed by atoms with Crippen LogP contribution in [-0.2, 0) is 12.7 Å². The predicted molar refractivity (Wildman–Crippen MR) is 77.7 cm³/mol. The van der Waals surface area contributed by atoms with Gasteiger partial charge in [0.1, 0.15) is 0 Å². The van der Waals surface area contributed by atoms with Crippen molar-refractivity contribution in [2.45, 2.75) is 26.6 Å². The van der Waals surface area contributed by atoms with Crippen molar-refractivity contribution in [2.24, 2.45) is 5.84 Å². The van der Waals surface area contributed by atoms with Crippen molar-refractivity contribution in [2.75, 3.05) is 5.01 Å². The molecule has 0 bridgehead atoms. The van der Waals surface area contributed by atoms with Crippen LogP contribution in [0.3, 0.4) is 0 Å². The zero-order valence-electron chi connectivity index (χ0n) is 11.9. The fourth-order valence-corrected chi connectivity index (χ4v) is 2.20. The topological polar surface area (TPSA) is 29.3 Å². The van der Waals surface area contributed by atoms with Gasteiger partial charge >= 0.3 is 6.18 Å². The van der Waals surface area contributed by atoms with Gasteiger partial charge < -0.3 is 5.01 Å². The number of hydrogen-bond donors (Lipinski definition) is 1. The van der Waals surface area contributed by atoms with Crippen LogP contribution in [0.1, 0.15) is 22.3 Å². The molecule has 2 rings (SSSR count). The molecule has 0 aliphatic heterocycles. The first kappa shape index (κ1) is 15.4. The average molecular weight is 294 g/mol. The van der Waals surface area contributed by atoms with Crippen LogP contribution in [0.5, 0.6) is 0 Å². The number of aryl methyl sites for hydroxylation is 2. The lowest BCUT2D eigenvalue weighted by Gasteiger charge is -2.20. The molecule has 0 unspecified atom stereocenters. The lowest BCUT2D eigenvalue weighted by Crippen LogP contribution is -2.30. The Morgan fingerprint density at radius 2 is 1.48 bits per heavy atom. The third-order valence-corrected chi connectivity index (χ3v) is 3.17. The summed E-state index contributed by atoms with van der Waals surface area (Å²) >= 11 is 0. The highest BCUT2D eigenvalue weighted by atomic mass is 19.4. The van der Waals surface area contributed by atoms with Crippen LogP contribution in [0.2, 0.25) is 0 Å². The summed E-state index contributed by atoms with van der Waals surface area (Å²) in [6.07, 6.45) is -4.31. The molecule has 0 atom stereocenters. The molecule has 2 aromatic rings. The smallest absolute Gasteiger partial charge is 0.307 e. The minimum atomic E-state index is -4.31. The Hall–Kier alpha value is -2.01. The van der Waals surface area contributed by atoms with E-state index in [1.165, 1.54) is 17.1 Å². The summed E-state index contributed by atoms with van der Waals surface area (Å²) in [7, 11) is 0. The van der Waals surface area contributed by atoms with Gasteiger partial charge in [0, 0.05) is 0 Å². The second-order valence-corrected chi connectivity index (χ2v) is 5.17. The van der Waals surface area contributed by atoms with Gasteiger partial charge in [-0.05, 0) is 54.8 Å². The van der Waals surface area contributed by atoms with Crippen molar-refractivity contribution in [1.82, 2.24) is 0 Å². The van der Waals surface area contributed by atoms with Gasteiger partial charge in [-0.2, -0.15) is 13.2 Å². The van der Waals surface area contributed by atoms with Crippen LogP contribution in [0.25, 0.3) is 0 Å². The van der Waals surface area contributed by atoms with E-state index < -0.39 is 11.7 Å². The first-order valence-electron chi connectivity index (χ1n) is 6.52. The van der Waals surface area contributed by atoms with Gasteiger partial charge in [0.2, 0.25) is 0 Å². The monoisotopic (exact) mass is 294 g/mol. The van der Waals surface area contributed by atoms with E-state index in [2.05, 4.69) is 0 Å². The van der Waals surface area contributed by atoms with Crippen LogP contribution in [0, 0.1) is 13.8 Å². The molecule has 2 N–H and O–H groups in total. The van der Waals surface area contributed by atoms with E-state index in [4.69, 9.17) is 5.84 Å². The van der Waals surface area contributed by atoms with Crippen LogP contribution < -0.4 is 10.9 Å². The molecule has 0 spiro atoms. The molecular formula is C16H17F3N2. The largest absolute Gasteiger partial charge is 0.416 e. The maximum atomic E-state index is 12.5. The summed E-state index contributed by atoms with van der Waals surface area (Å²) < 4.78 is 37.5. The second-order valence-electron chi connectivity index (χ2n) is 5.17. The van der Waals surface area contributed by atoms with Gasteiger partial charge in [-0.25, -0.2) is 5.84 Å². The predicted octanol–water partition coefficient (Wildman–Crippen LogP) is 4.20. The van der Waals surface area contributed by atoms with Gasteiger partial charge in [0.15, 0.2) is 0 Å². The highest BCUT2D eigenvalue weighted by molar-refractivity contribution is 5.50. The molecule has 0 heterocycles. The normalized spacial score (nSPS) is 11.5. The molecule has 0 aromatic heterocycles. The third-order valence-electron chi connectivity index (χ3n) is 3.17. The summed E-state index contributed by atoms with van der Waals surface area (Å²) in [5.74, 6) is 6.00. The van der Waals surface area contributed by atoms with Crippen LogP contribution >= 0.6 is 0 Å². The molecule has 0 saturated carbocycles. The van der Waals surface area contributed by atoms with E-state index in [-0.39, 0.29) is 0 Å². The lowest BCUT2D eigenvalue weighted by molar-refractivity contribution is -0.137. The number of hydrazine groups is 1. The first-order valence-corrected chi connectivity index (χ1v) is 6.52. The van der Waals surface area contributed by atoms with Crippen LogP contribution in [-0.4, -0.2) is 0 Å². The van der Waals surface area contributed by atoms with Gasteiger partial charge in [-0.15, -0.1) is 0 Å². The van der Waals surface area contributed by atoms with Gasteiger partial charge in [-0.3, -0.25) is 0 Å². The highest BCUT2D eigenvalue weighted by Crippen LogP contribution is 2.29. The molecule has 21 heavy (non-hydrogen) atoms. The van der Waals surface area contributed by atoms with Crippen LogP contribution in [0.15, 0.2) is 42.5 Å². The van der Waals surface area contributed by atoms with E-state index in [0.29, 0.717) is 6.54 Å². The molecule has 0 saturated heterocycles.